The zero-order valence-corrected chi connectivity index (χ0v) is 9.95. The fourth-order valence-electron chi connectivity index (χ4n) is 1.65. The van der Waals surface area contributed by atoms with Crippen LogP contribution in [0, 0.1) is 5.92 Å². The Labute approximate surface area is 92.1 Å². The van der Waals surface area contributed by atoms with E-state index in [-0.39, 0.29) is 11.9 Å². The van der Waals surface area contributed by atoms with Crippen molar-refractivity contribution in [2.75, 3.05) is 26.7 Å². The van der Waals surface area contributed by atoms with Gasteiger partial charge in [0.1, 0.15) is 6.61 Å². The second kappa shape index (κ2) is 5.91. The Bertz CT molecular complexity index is 236. The van der Waals surface area contributed by atoms with Crippen molar-refractivity contribution < 1.29 is 9.53 Å². The van der Waals surface area contributed by atoms with E-state index in [4.69, 9.17) is 4.74 Å². The molecule has 0 radical (unpaired) electrons. The topological polar surface area (TPSA) is 29.5 Å². The smallest absolute Gasteiger partial charge is 0.309 e. The van der Waals surface area contributed by atoms with Gasteiger partial charge in [0.15, 0.2) is 0 Å². The number of carbonyl (C=O) groups is 1. The lowest BCUT2D eigenvalue weighted by Crippen LogP contribution is -2.34. The number of nitrogens with zero attached hydrogens (tertiary/aromatic N) is 1. The summed E-state index contributed by atoms with van der Waals surface area (Å²) >= 11 is 0. The highest BCUT2D eigenvalue weighted by atomic mass is 16.5. The Morgan fingerprint density at radius 3 is 2.53 bits per heavy atom. The van der Waals surface area contributed by atoms with Crippen LogP contribution < -0.4 is 0 Å². The van der Waals surface area contributed by atoms with Gasteiger partial charge in [-0.1, -0.05) is 5.57 Å². The monoisotopic (exact) mass is 211 g/mol. The minimum atomic E-state index is -0.0272. The number of rotatable bonds is 3. The van der Waals surface area contributed by atoms with Crippen molar-refractivity contribution in [1.82, 2.24) is 4.90 Å². The molecule has 0 unspecified atom stereocenters. The first-order chi connectivity index (χ1) is 7.09. The Balaban J connectivity index is 2.25. The van der Waals surface area contributed by atoms with Gasteiger partial charge >= 0.3 is 5.97 Å². The van der Waals surface area contributed by atoms with Crippen LogP contribution in [0.25, 0.3) is 0 Å². The molecule has 0 aromatic heterocycles. The van der Waals surface area contributed by atoms with E-state index in [1.165, 1.54) is 5.57 Å². The van der Waals surface area contributed by atoms with Crippen LogP contribution in [0.4, 0.5) is 0 Å². The van der Waals surface area contributed by atoms with Gasteiger partial charge in [-0.05, 0) is 52.9 Å². The molecule has 0 spiro atoms. The molecule has 1 saturated heterocycles. The molecule has 86 valence electrons. The number of allylic oxidation sites excluding steroid dienone is 1. The molecule has 1 aliphatic rings. The second-order valence-corrected chi connectivity index (χ2v) is 4.49. The van der Waals surface area contributed by atoms with E-state index in [0.717, 1.165) is 25.9 Å². The summed E-state index contributed by atoms with van der Waals surface area (Å²) in [5.74, 6) is 0.0902. The van der Waals surface area contributed by atoms with Gasteiger partial charge in [-0.3, -0.25) is 4.79 Å². The molecule has 0 saturated carbocycles. The molecule has 3 heteroatoms. The van der Waals surface area contributed by atoms with Gasteiger partial charge in [0.25, 0.3) is 0 Å². The van der Waals surface area contributed by atoms with Gasteiger partial charge < -0.3 is 9.64 Å². The average Bonchev–Trinajstić information content (AvgIpc) is 2.18. The summed E-state index contributed by atoms with van der Waals surface area (Å²) in [6.07, 6.45) is 3.81. The fraction of sp³-hybridized carbons (Fsp3) is 0.750. The number of hydrogen-bond acceptors (Lipinski definition) is 3. The largest absolute Gasteiger partial charge is 0.461 e. The van der Waals surface area contributed by atoms with Crippen molar-refractivity contribution in [3.63, 3.8) is 0 Å². The van der Waals surface area contributed by atoms with Crippen LogP contribution in [0.15, 0.2) is 11.6 Å². The zero-order valence-electron chi connectivity index (χ0n) is 9.95. The van der Waals surface area contributed by atoms with Gasteiger partial charge in [0.2, 0.25) is 0 Å². The van der Waals surface area contributed by atoms with E-state index >= 15 is 0 Å². The van der Waals surface area contributed by atoms with Crippen molar-refractivity contribution in [1.29, 1.82) is 0 Å². The van der Waals surface area contributed by atoms with Crippen LogP contribution >= 0.6 is 0 Å². The highest BCUT2D eigenvalue weighted by Gasteiger charge is 2.24. The fourth-order valence-corrected chi connectivity index (χ4v) is 1.65. The average molecular weight is 211 g/mol. The molecular weight excluding hydrogens is 190 g/mol. The van der Waals surface area contributed by atoms with Gasteiger partial charge in [-0.2, -0.15) is 0 Å². The van der Waals surface area contributed by atoms with Crippen molar-refractivity contribution in [2.45, 2.75) is 26.7 Å². The molecular formula is C12H21NO2. The zero-order chi connectivity index (χ0) is 11.3. The van der Waals surface area contributed by atoms with E-state index in [2.05, 4.69) is 11.9 Å². The van der Waals surface area contributed by atoms with E-state index in [9.17, 15) is 4.79 Å². The summed E-state index contributed by atoms with van der Waals surface area (Å²) in [6, 6.07) is 0. The number of likely N-dealkylation sites (tertiary alicyclic amines) is 1. The summed E-state index contributed by atoms with van der Waals surface area (Å²) in [4.78, 5) is 13.9. The summed E-state index contributed by atoms with van der Waals surface area (Å²) in [6.45, 7) is 6.44. The molecule has 0 atom stereocenters. The van der Waals surface area contributed by atoms with Crippen molar-refractivity contribution in [3.05, 3.63) is 11.6 Å². The lowest BCUT2D eigenvalue weighted by Gasteiger charge is -2.27. The van der Waals surface area contributed by atoms with Crippen molar-refractivity contribution in [3.8, 4) is 0 Å². The maximum atomic E-state index is 11.6. The number of carbonyl (C=O) groups excluding carboxylic acids is 1. The Morgan fingerprint density at radius 1 is 1.40 bits per heavy atom. The molecule has 0 aromatic rings. The summed E-state index contributed by atoms with van der Waals surface area (Å²) in [5, 5.41) is 0. The first-order valence-electron chi connectivity index (χ1n) is 5.58. The Kier molecular flexibility index (Phi) is 4.82. The summed E-state index contributed by atoms with van der Waals surface area (Å²) in [7, 11) is 2.09. The molecule has 1 aliphatic heterocycles. The first-order valence-corrected chi connectivity index (χ1v) is 5.58. The van der Waals surface area contributed by atoms with Crippen molar-refractivity contribution >= 4 is 5.97 Å². The summed E-state index contributed by atoms with van der Waals surface area (Å²) in [5.41, 5.74) is 1.19. The number of hydrogen-bond donors (Lipinski definition) is 0. The van der Waals surface area contributed by atoms with E-state index in [0.29, 0.717) is 6.61 Å². The van der Waals surface area contributed by atoms with Crippen LogP contribution in [-0.4, -0.2) is 37.6 Å². The molecule has 0 bridgehead atoms. The second-order valence-electron chi connectivity index (χ2n) is 4.49. The van der Waals surface area contributed by atoms with Gasteiger partial charge in [-0.15, -0.1) is 0 Å². The SMILES string of the molecule is CC(C)=CCOC(=O)C1CCN(C)CC1. The minimum absolute atomic E-state index is 0.0272. The standard InChI is InChI=1S/C12H21NO2/c1-10(2)6-9-15-12(14)11-4-7-13(3)8-5-11/h6,11H,4-5,7-9H2,1-3H3. The van der Waals surface area contributed by atoms with Crippen LogP contribution in [0.1, 0.15) is 26.7 Å². The lowest BCUT2D eigenvalue weighted by atomic mass is 9.97. The third kappa shape index (κ3) is 4.47. The van der Waals surface area contributed by atoms with Gasteiger partial charge in [-0.25, -0.2) is 0 Å². The van der Waals surface area contributed by atoms with Crippen molar-refractivity contribution in [2.24, 2.45) is 5.92 Å². The molecule has 0 aliphatic carbocycles. The Hall–Kier alpha value is -0.830. The van der Waals surface area contributed by atoms with Crippen LogP contribution in [0.5, 0.6) is 0 Å². The number of ether oxygens (including phenoxy) is 1. The van der Waals surface area contributed by atoms with Crippen LogP contribution in [0.3, 0.4) is 0 Å². The molecule has 0 aromatic carbocycles. The molecule has 1 heterocycles. The maximum Gasteiger partial charge on any atom is 0.309 e. The van der Waals surface area contributed by atoms with Crippen LogP contribution in [-0.2, 0) is 9.53 Å². The van der Waals surface area contributed by atoms with E-state index < -0.39 is 0 Å². The van der Waals surface area contributed by atoms with Gasteiger partial charge in [0.05, 0.1) is 5.92 Å². The third-order valence-corrected chi connectivity index (χ3v) is 2.77. The maximum absolute atomic E-state index is 11.6. The minimum Gasteiger partial charge on any atom is -0.461 e. The summed E-state index contributed by atoms with van der Waals surface area (Å²) < 4.78 is 5.19. The van der Waals surface area contributed by atoms with Crippen LogP contribution in [0.2, 0.25) is 0 Å². The van der Waals surface area contributed by atoms with E-state index in [1.54, 1.807) is 0 Å². The van der Waals surface area contributed by atoms with E-state index in [1.807, 2.05) is 19.9 Å². The molecule has 1 rings (SSSR count). The quantitative estimate of drug-likeness (QED) is 0.527. The predicted octanol–water partition coefficient (Wildman–Crippen LogP) is 1.84. The molecule has 0 amide bonds. The highest BCUT2D eigenvalue weighted by Crippen LogP contribution is 2.17. The van der Waals surface area contributed by atoms with Gasteiger partial charge in [0, 0.05) is 0 Å². The molecule has 1 fully saturated rings. The number of piperidine rings is 1. The highest BCUT2D eigenvalue weighted by molar-refractivity contribution is 5.72. The normalized spacial score (nSPS) is 18.6. The molecule has 0 N–H and O–H groups in total. The molecule has 3 nitrogen and oxygen atoms in total. The first kappa shape index (κ1) is 12.2. The third-order valence-electron chi connectivity index (χ3n) is 2.77. The number of esters is 1. The molecule has 15 heavy (non-hydrogen) atoms. The Morgan fingerprint density at radius 2 is 2.00 bits per heavy atom. The predicted molar refractivity (Wildman–Crippen MR) is 60.6 cm³/mol. The lowest BCUT2D eigenvalue weighted by molar-refractivity contribution is -0.148.